The van der Waals surface area contributed by atoms with Gasteiger partial charge in [0.15, 0.2) is 0 Å². The molecule has 14 heavy (non-hydrogen) atoms. The van der Waals surface area contributed by atoms with Gasteiger partial charge in [-0.2, -0.15) is 0 Å². The first-order valence-corrected chi connectivity index (χ1v) is 6.13. The maximum Gasteiger partial charge on any atom is -0.0348 e. The van der Waals surface area contributed by atoms with Crippen molar-refractivity contribution in [1.29, 1.82) is 0 Å². The van der Waals surface area contributed by atoms with Crippen LogP contribution in [-0.4, -0.2) is 0 Å². The second-order valence-corrected chi connectivity index (χ2v) is 4.07. The van der Waals surface area contributed by atoms with Crippen LogP contribution in [0.5, 0.6) is 0 Å². The van der Waals surface area contributed by atoms with Crippen molar-refractivity contribution in [1.82, 2.24) is 0 Å². The average molecular weight is 191 g/mol. The van der Waals surface area contributed by atoms with Crippen LogP contribution in [0.3, 0.4) is 0 Å². The Bertz CT molecular complexity index is 145. The molecule has 0 fully saturated rings. The van der Waals surface area contributed by atoms with Crippen LogP contribution in [0.25, 0.3) is 0 Å². The molecule has 0 amide bonds. The van der Waals surface area contributed by atoms with Crippen LogP contribution in [-0.2, 0) is 0 Å². The summed E-state index contributed by atoms with van der Waals surface area (Å²) < 4.78 is 0. The van der Waals surface area contributed by atoms with Crippen LogP contribution >= 0.6 is 0 Å². The zero-order chi connectivity index (χ0) is 9.90. The molecule has 0 nitrogen and oxygen atoms in total. The number of hydrogen-bond acceptors (Lipinski definition) is 0. The molecule has 1 aliphatic carbocycles. The SMILES string of the molecule is [CH]1CCC/C=C/C=C\CCCCCC1. The highest BCUT2D eigenvalue weighted by molar-refractivity contribution is 5.02. The minimum Gasteiger partial charge on any atom is -0.0845 e. The lowest BCUT2D eigenvalue weighted by Gasteiger charge is -2.01. The summed E-state index contributed by atoms with van der Waals surface area (Å²) in [7, 11) is 0. The van der Waals surface area contributed by atoms with Gasteiger partial charge < -0.3 is 0 Å². The normalized spacial score (nSPS) is 26.3. The Labute approximate surface area is 89.1 Å². The molecule has 1 aliphatic rings. The fourth-order valence-corrected chi connectivity index (χ4v) is 1.78. The molecule has 0 aromatic heterocycles. The summed E-state index contributed by atoms with van der Waals surface area (Å²) in [5.74, 6) is 0. The van der Waals surface area contributed by atoms with Crippen molar-refractivity contribution in [2.24, 2.45) is 0 Å². The van der Waals surface area contributed by atoms with E-state index < -0.39 is 0 Å². The summed E-state index contributed by atoms with van der Waals surface area (Å²) >= 11 is 0. The Hall–Kier alpha value is -0.520. The first kappa shape index (κ1) is 11.6. The lowest BCUT2D eigenvalue weighted by Crippen LogP contribution is -1.82. The molecular weight excluding hydrogens is 168 g/mol. The summed E-state index contributed by atoms with van der Waals surface area (Å²) in [4.78, 5) is 0. The molecule has 0 unspecified atom stereocenters. The van der Waals surface area contributed by atoms with Crippen LogP contribution in [0, 0.1) is 6.42 Å². The Morgan fingerprint density at radius 2 is 1.07 bits per heavy atom. The molecule has 0 atom stereocenters. The predicted octanol–water partition coefficient (Wildman–Crippen LogP) is 4.83. The monoisotopic (exact) mass is 191 g/mol. The van der Waals surface area contributed by atoms with Gasteiger partial charge in [-0.25, -0.2) is 0 Å². The molecule has 1 rings (SSSR count). The Kier molecular flexibility index (Phi) is 7.47. The minimum absolute atomic E-state index is 1.24. The number of rotatable bonds is 0. The van der Waals surface area contributed by atoms with E-state index in [0.29, 0.717) is 0 Å². The quantitative estimate of drug-likeness (QED) is 0.514. The molecule has 0 saturated carbocycles. The largest absolute Gasteiger partial charge is 0.0845 e. The van der Waals surface area contributed by atoms with Crippen LogP contribution in [0.4, 0.5) is 0 Å². The molecule has 0 saturated heterocycles. The number of hydrogen-bond donors (Lipinski definition) is 0. The third-order valence-corrected chi connectivity index (χ3v) is 2.69. The first-order valence-electron chi connectivity index (χ1n) is 6.13. The van der Waals surface area contributed by atoms with E-state index in [1.807, 2.05) is 0 Å². The van der Waals surface area contributed by atoms with Gasteiger partial charge in [-0.15, -0.1) is 0 Å². The van der Waals surface area contributed by atoms with Gasteiger partial charge in [0.2, 0.25) is 0 Å². The highest BCUT2D eigenvalue weighted by Crippen LogP contribution is 2.10. The minimum atomic E-state index is 1.24. The molecule has 0 spiro atoms. The third kappa shape index (κ3) is 6.94. The van der Waals surface area contributed by atoms with E-state index in [1.165, 1.54) is 57.8 Å². The molecule has 0 N–H and O–H groups in total. The van der Waals surface area contributed by atoms with E-state index in [4.69, 9.17) is 0 Å². The van der Waals surface area contributed by atoms with Crippen molar-refractivity contribution < 1.29 is 0 Å². The Morgan fingerprint density at radius 1 is 0.500 bits per heavy atom. The molecule has 0 heteroatoms. The van der Waals surface area contributed by atoms with Crippen molar-refractivity contribution in [3.05, 3.63) is 30.7 Å². The lowest BCUT2D eigenvalue weighted by molar-refractivity contribution is 0.629. The van der Waals surface area contributed by atoms with E-state index in [-0.39, 0.29) is 0 Å². The highest BCUT2D eigenvalue weighted by atomic mass is 14.0. The second kappa shape index (κ2) is 9.05. The molecule has 0 aromatic rings. The van der Waals surface area contributed by atoms with E-state index in [0.717, 1.165) is 0 Å². The van der Waals surface area contributed by atoms with Gasteiger partial charge in [-0.05, 0) is 38.5 Å². The van der Waals surface area contributed by atoms with Gasteiger partial charge in [0.25, 0.3) is 0 Å². The highest BCUT2D eigenvalue weighted by Gasteiger charge is 1.92. The van der Waals surface area contributed by atoms with E-state index >= 15 is 0 Å². The first-order chi connectivity index (χ1) is 7.00. The molecule has 79 valence electrons. The summed E-state index contributed by atoms with van der Waals surface area (Å²) in [5.41, 5.74) is 0. The smallest absolute Gasteiger partial charge is 0.0348 e. The predicted molar refractivity (Wildman–Crippen MR) is 64.1 cm³/mol. The molecule has 0 bridgehead atoms. The van der Waals surface area contributed by atoms with E-state index in [9.17, 15) is 0 Å². The Morgan fingerprint density at radius 3 is 1.86 bits per heavy atom. The number of allylic oxidation sites excluding steroid dienone is 4. The summed E-state index contributed by atoms with van der Waals surface area (Å²) in [6, 6.07) is 0. The van der Waals surface area contributed by atoms with Crippen LogP contribution in [0.2, 0.25) is 0 Å². The third-order valence-electron chi connectivity index (χ3n) is 2.69. The van der Waals surface area contributed by atoms with Gasteiger partial charge >= 0.3 is 0 Å². The van der Waals surface area contributed by atoms with Gasteiger partial charge in [0.05, 0.1) is 0 Å². The summed E-state index contributed by atoms with van der Waals surface area (Å²) in [6.45, 7) is 0. The standard InChI is InChI=1S/C14H23/c1-2-4-6-8-10-12-14-13-11-9-7-5-3-1/h1-4,11H,5-10,12-14H2/b3-1+,4-2-. The van der Waals surface area contributed by atoms with Crippen LogP contribution in [0.15, 0.2) is 24.3 Å². The van der Waals surface area contributed by atoms with Crippen molar-refractivity contribution in [2.45, 2.75) is 57.8 Å². The molecule has 0 aliphatic heterocycles. The molecular formula is C14H23. The van der Waals surface area contributed by atoms with Crippen molar-refractivity contribution in [3.8, 4) is 0 Å². The van der Waals surface area contributed by atoms with Crippen LogP contribution in [0.1, 0.15) is 57.8 Å². The summed E-state index contributed by atoms with van der Waals surface area (Å²) in [6.07, 6.45) is 23.5. The second-order valence-electron chi connectivity index (χ2n) is 4.07. The molecule has 0 aromatic carbocycles. The van der Waals surface area contributed by atoms with Gasteiger partial charge in [0.1, 0.15) is 0 Å². The maximum absolute atomic E-state index is 2.47. The fraction of sp³-hybridized carbons (Fsp3) is 0.643. The average Bonchev–Trinajstić information content (AvgIpc) is 2.22. The van der Waals surface area contributed by atoms with Gasteiger partial charge in [0, 0.05) is 0 Å². The van der Waals surface area contributed by atoms with E-state index in [2.05, 4.69) is 30.7 Å². The van der Waals surface area contributed by atoms with Crippen molar-refractivity contribution in [3.63, 3.8) is 0 Å². The van der Waals surface area contributed by atoms with Crippen molar-refractivity contribution >= 4 is 0 Å². The zero-order valence-electron chi connectivity index (χ0n) is 9.25. The maximum atomic E-state index is 2.47. The summed E-state index contributed by atoms with van der Waals surface area (Å²) in [5, 5.41) is 0. The van der Waals surface area contributed by atoms with E-state index in [1.54, 1.807) is 0 Å². The molecule has 1 radical (unpaired) electrons. The van der Waals surface area contributed by atoms with Gasteiger partial charge in [-0.1, -0.05) is 50.0 Å². The fourth-order valence-electron chi connectivity index (χ4n) is 1.78. The molecule has 0 heterocycles. The topological polar surface area (TPSA) is 0 Å². The zero-order valence-corrected chi connectivity index (χ0v) is 9.25. The van der Waals surface area contributed by atoms with Crippen molar-refractivity contribution in [2.75, 3.05) is 0 Å². The van der Waals surface area contributed by atoms with Gasteiger partial charge in [-0.3, -0.25) is 0 Å². The lowest BCUT2D eigenvalue weighted by atomic mass is 10.1. The van der Waals surface area contributed by atoms with Crippen LogP contribution < -0.4 is 0 Å². The Balaban J connectivity index is 2.17.